The fourth-order valence-electron chi connectivity index (χ4n) is 5.94. The SMILES string of the molecule is COc1ccc(C2CC(=O)C3=C(C2)Nc2ccc4ccccc4c2C3c2ccc3c(c2)OCO3)cc1. The van der Waals surface area contributed by atoms with Crippen LogP contribution in [0.15, 0.2) is 90.1 Å². The Morgan fingerprint density at radius 3 is 2.53 bits per heavy atom. The van der Waals surface area contributed by atoms with E-state index in [-0.39, 0.29) is 24.4 Å². The number of hydrogen-bond acceptors (Lipinski definition) is 5. The van der Waals surface area contributed by atoms with Crippen molar-refractivity contribution in [3.05, 3.63) is 107 Å². The van der Waals surface area contributed by atoms with Crippen LogP contribution in [0.5, 0.6) is 17.2 Å². The fourth-order valence-corrected chi connectivity index (χ4v) is 5.94. The lowest BCUT2D eigenvalue weighted by Crippen LogP contribution is -2.30. The first kappa shape index (κ1) is 21.1. The summed E-state index contributed by atoms with van der Waals surface area (Å²) in [6.45, 7) is 0.223. The molecular formula is C31H25NO4. The van der Waals surface area contributed by atoms with Gasteiger partial charge in [0.2, 0.25) is 6.79 Å². The maximum absolute atomic E-state index is 13.9. The van der Waals surface area contributed by atoms with E-state index in [4.69, 9.17) is 14.2 Å². The lowest BCUT2D eigenvalue weighted by atomic mass is 9.71. The van der Waals surface area contributed by atoms with Gasteiger partial charge in [0.15, 0.2) is 17.3 Å². The monoisotopic (exact) mass is 475 g/mol. The number of benzene rings is 4. The maximum Gasteiger partial charge on any atom is 0.231 e. The molecule has 1 N–H and O–H groups in total. The summed E-state index contributed by atoms with van der Waals surface area (Å²) in [6.07, 6.45) is 1.26. The number of fused-ring (bicyclic) bond motifs is 4. The zero-order valence-corrected chi connectivity index (χ0v) is 19.9. The van der Waals surface area contributed by atoms with Crippen LogP contribution in [0.25, 0.3) is 10.8 Å². The average Bonchev–Trinajstić information content (AvgIpc) is 3.40. The molecule has 0 radical (unpaired) electrons. The Balaban J connectivity index is 1.39. The molecular weight excluding hydrogens is 450 g/mol. The Morgan fingerprint density at radius 1 is 0.861 bits per heavy atom. The van der Waals surface area contributed by atoms with E-state index in [0.29, 0.717) is 6.42 Å². The molecule has 5 nitrogen and oxygen atoms in total. The second kappa shape index (κ2) is 8.16. The number of nitrogens with one attached hydrogen (secondary N) is 1. The van der Waals surface area contributed by atoms with Crippen LogP contribution in [0.3, 0.4) is 0 Å². The summed E-state index contributed by atoms with van der Waals surface area (Å²) in [5, 5.41) is 5.99. The first-order valence-electron chi connectivity index (χ1n) is 12.3. The Kier molecular flexibility index (Phi) is 4.78. The lowest BCUT2D eigenvalue weighted by molar-refractivity contribution is -0.116. The summed E-state index contributed by atoms with van der Waals surface area (Å²) in [5.74, 6) is 2.42. The van der Waals surface area contributed by atoms with Gasteiger partial charge >= 0.3 is 0 Å². The molecule has 0 saturated heterocycles. The van der Waals surface area contributed by atoms with Crippen LogP contribution in [0.1, 0.15) is 41.4 Å². The largest absolute Gasteiger partial charge is 0.497 e. The number of carbonyl (C=O) groups is 1. The zero-order chi connectivity index (χ0) is 24.2. The number of Topliss-reactive ketones (excluding diaryl/α,β-unsaturated/α-hetero) is 1. The van der Waals surface area contributed by atoms with E-state index < -0.39 is 0 Å². The normalized spacial score (nSPS) is 20.1. The number of anilines is 1. The van der Waals surface area contributed by atoms with E-state index in [9.17, 15) is 4.79 Å². The van der Waals surface area contributed by atoms with Crippen molar-refractivity contribution in [3.63, 3.8) is 0 Å². The first-order chi connectivity index (χ1) is 17.7. The standard InChI is InChI=1S/C31H25NO4/c1-34-22-10-6-18(7-11-22)21-14-25-31(26(33)15-21)29(20-9-13-27-28(16-20)36-17-35-27)30-23-5-3-2-4-19(23)8-12-24(30)32-25/h2-13,16,21,29,32H,14-15,17H2,1H3. The van der Waals surface area contributed by atoms with Gasteiger partial charge in [0.05, 0.1) is 7.11 Å². The molecule has 2 heterocycles. The van der Waals surface area contributed by atoms with Crippen molar-refractivity contribution in [1.82, 2.24) is 0 Å². The lowest BCUT2D eigenvalue weighted by Gasteiger charge is -2.37. The number of carbonyl (C=O) groups excluding carboxylic acids is 1. The van der Waals surface area contributed by atoms with Crippen molar-refractivity contribution in [2.45, 2.75) is 24.7 Å². The van der Waals surface area contributed by atoms with Gasteiger partial charge in [0, 0.05) is 29.3 Å². The third kappa shape index (κ3) is 3.27. The van der Waals surface area contributed by atoms with Crippen molar-refractivity contribution < 1.29 is 19.0 Å². The number of hydrogen-bond donors (Lipinski definition) is 1. The van der Waals surface area contributed by atoms with Gasteiger partial charge < -0.3 is 19.5 Å². The molecule has 0 bridgehead atoms. The van der Waals surface area contributed by atoms with Crippen LogP contribution in [0.4, 0.5) is 5.69 Å². The summed E-state index contributed by atoms with van der Waals surface area (Å²) < 4.78 is 16.6. The van der Waals surface area contributed by atoms with Gasteiger partial charge in [-0.05, 0) is 70.1 Å². The Bertz CT molecular complexity index is 1550. The first-order valence-corrected chi connectivity index (χ1v) is 12.3. The summed E-state index contributed by atoms with van der Waals surface area (Å²) in [5.41, 5.74) is 6.27. The van der Waals surface area contributed by atoms with Gasteiger partial charge in [0.1, 0.15) is 5.75 Å². The van der Waals surface area contributed by atoms with Crippen LogP contribution >= 0.6 is 0 Å². The third-order valence-electron chi connectivity index (χ3n) is 7.66. The minimum absolute atomic E-state index is 0.120. The molecule has 2 aliphatic heterocycles. The van der Waals surface area contributed by atoms with Gasteiger partial charge in [-0.2, -0.15) is 0 Å². The van der Waals surface area contributed by atoms with Crippen molar-refractivity contribution >= 4 is 22.2 Å². The molecule has 3 aliphatic rings. The predicted octanol–water partition coefficient (Wildman–Crippen LogP) is 6.54. The van der Waals surface area contributed by atoms with Gasteiger partial charge in [0.25, 0.3) is 0 Å². The molecule has 4 aromatic rings. The highest BCUT2D eigenvalue weighted by atomic mass is 16.7. The Labute approximate surface area is 209 Å². The Morgan fingerprint density at radius 2 is 1.67 bits per heavy atom. The van der Waals surface area contributed by atoms with E-state index in [2.05, 4.69) is 59.9 Å². The molecule has 0 saturated carbocycles. The van der Waals surface area contributed by atoms with Gasteiger partial charge in [-0.25, -0.2) is 0 Å². The predicted molar refractivity (Wildman–Crippen MR) is 139 cm³/mol. The molecule has 0 spiro atoms. The van der Waals surface area contributed by atoms with Crippen LogP contribution in [0, 0.1) is 0 Å². The second-order valence-electron chi connectivity index (χ2n) is 9.61. The van der Waals surface area contributed by atoms with E-state index in [1.54, 1.807) is 7.11 Å². The van der Waals surface area contributed by atoms with Gasteiger partial charge in [-0.1, -0.05) is 48.5 Å². The van der Waals surface area contributed by atoms with E-state index in [1.165, 1.54) is 0 Å². The van der Waals surface area contributed by atoms with E-state index in [0.717, 1.165) is 68.1 Å². The molecule has 178 valence electrons. The average molecular weight is 476 g/mol. The minimum atomic E-state index is -0.179. The highest BCUT2D eigenvalue weighted by Gasteiger charge is 2.39. The van der Waals surface area contributed by atoms with Gasteiger partial charge in [-0.15, -0.1) is 0 Å². The topological polar surface area (TPSA) is 56.8 Å². The van der Waals surface area contributed by atoms with Crippen molar-refractivity contribution in [2.24, 2.45) is 0 Å². The van der Waals surface area contributed by atoms with Crippen LogP contribution in [0.2, 0.25) is 0 Å². The molecule has 2 unspecified atom stereocenters. The van der Waals surface area contributed by atoms with Crippen LogP contribution in [-0.2, 0) is 4.79 Å². The molecule has 1 aliphatic carbocycles. The molecule has 36 heavy (non-hydrogen) atoms. The number of ketones is 1. The fraction of sp³-hybridized carbons (Fsp3) is 0.194. The highest BCUT2D eigenvalue weighted by Crippen LogP contribution is 2.51. The van der Waals surface area contributed by atoms with Crippen molar-refractivity contribution in [2.75, 3.05) is 19.2 Å². The number of methoxy groups -OCH3 is 1. The van der Waals surface area contributed by atoms with Crippen molar-refractivity contribution in [3.8, 4) is 17.2 Å². The summed E-state index contributed by atoms with van der Waals surface area (Å²) in [4.78, 5) is 13.9. The minimum Gasteiger partial charge on any atom is -0.497 e. The highest BCUT2D eigenvalue weighted by molar-refractivity contribution is 6.04. The van der Waals surface area contributed by atoms with E-state index >= 15 is 0 Å². The molecule has 0 aromatic heterocycles. The Hall–Kier alpha value is -4.25. The summed E-state index contributed by atoms with van der Waals surface area (Å²) in [7, 11) is 1.67. The number of allylic oxidation sites excluding steroid dienone is 2. The molecule has 7 rings (SSSR count). The van der Waals surface area contributed by atoms with Gasteiger partial charge in [-0.3, -0.25) is 4.79 Å². The maximum atomic E-state index is 13.9. The summed E-state index contributed by atoms with van der Waals surface area (Å²) in [6, 6.07) is 26.8. The summed E-state index contributed by atoms with van der Waals surface area (Å²) >= 11 is 0. The molecule has 2 atom stereocenters. The zero-order valence-electron chi connectivity index (χ0n) is 19.9. The van der Waals surface area contributed by atoms with Crippen LogP contribution in [-0.4, -0.2) is 19.7 Å². The molecule has 4 aromatic carbocycles. The number of ether oxygens (including phenoxy) is 3. The van der Waals surface area contributed by atoms with Crippen LogP contribution < -0.4 is 19.5 Å². The third-order valence-corrected chi connectivity index (χ3v) is 7.66. The molecule has 5 heteroatoms. The quantitative estimate of drug-likeness (QED) is 0.365. The van der Waals surface area contributed by atoms with Crippen molar-refractivity contribution in [1.29, 1.82) is 0 Å². The smallest absolute Gasteiger partial charge is 0.231 e. The number of rotatable bonds is 3. The van der Waals surface area contributed by atoms with E-state index in [1.807, 2.05) is 24.3 Å². The molecule has 0 amide bonds. The molecule has 0 fully saturated rings. The second-order valence-corrected chi connectivity index (χ2v) is 9.61.